The Morgan fingerprint density at radius 1 is 1.39 bits per heavy atom. The van der Waals surface area contributed by atoms with E-state index in [0.29, 0.717) is 0 Å². The molecule has 2 aliphatic rings. The maximum absolute atomic E-state index is 12.0. The van der Waals surface area contributed by atoms with Gasteiger partial charge in [0, 0.05) is 30.6 Å². The molecule has 3 rings (SSSR count). The van der Waals surface area contributed by atoms with E-state index in [4.69, 9.17) is 0 Å². The number of aliphatic hydroxyl groups excluding tert-OH is 1. The Kier molecular flexibility index (Phi) is 5.91. The molecular formula is C17H27N3O2S. The maximum atomic E-state index is 12.0. The normalized spacial score (nSPS) is 24.0. The molecule has 1 saturated heterocycles. The molecule has 0 radical (unpaired) electrons. The fourth-order valence-corrected chi connectivity index (χ4v) is 4.39. The summed E-state index contributed by atoms with van der Waals surface area (Å²) < 4.78 is 0. The van der Waals surface area contributed by atoms with Gasteiger partial charge in [0.15, 0.2) is 0 Å². The fraction of sp³-hybridized carbons (Fsp3) is 0.706. The minimum Gasteiger partial charge on any atom is -0.386 e. The van der Waals surface area contributed by atoms with Crippen LogP contribution in [0.2, 0.25) is 0 Å². The van der Waals surface area contributed by atoms with Gasteiger partial charge in [-0.3, -0.25) is 0 Å². The molecule has 0 aromatic carbocycles. The first-order valence-corrected chi connectivity index (χ1v) is 9.57. The van der Waals surface area contributed by atoms with Crippen molar-refractivity contribution in [1.29, 1.82) is 0 Å². The van der Waals surface area contributed by atoms with Crippen LogP contribution in [0.5, 0.6) is 0 Å². The molecule has 2 amide bonds. The number of carbonyl (C=O) groups excluding carboxylic acids is 1. The van der Waals surface area contributed by atoms with Gasteiger partial charge in [0.2, 0.25) is 0 Å². The zero-order chi connectivity index (χ0) is 16.1. The number of carbonyl (C=O) groups is 1. The number of hydrogen-bond acceptors (Lipinski definition) is 4. The van der Waals surface area contributed by atoms with E-state index in [1.165, 1.54) is 43.6 Å². The van der Waals surface area contributed by atoms with E-state index in [0.717, 1.165) is 30.3 Å². The van der Waals surface area contributed by atoms with Gasteiger partial charge in [0.05, 0.1) is 6.54 Å². The summed E-state index contributed by atoms with van der Waals surface area (Å²) in [5.41, 5.74) is 0. The van der Waals surface area contributed by atoms with Gasteiger partial charge < -0.3 is 20.6 Å². The summed E-state index contributed by atoms with van der Waals surface area (Å²) in [6.45, 7) is 3.48. The van der Waals surface area contributed by atoms with Crippen molar-refractivity contribution in [3.8, 4) is 0 Å². The van der Waals surface area contributed by atoms with Gasteiger partial charge in [-0.25, -0.2) is 4.79 Å². The number of hydrogen-bond donors (Lipinski definition) is 3. The molecule has 6 heteroatoms. The van der Waals surface area contributed by atoms with Crippen molar-refractivity contribution in [2.45, 2.75) is 44.2 Å². The predicted octanol–water partition coefficient (Wildman–Crippen LogP) is 2.35. The molecule has 2 fully saturated rings. The molecule has 2 atom stereocenters. The predicted molar refractivity (Wildman–Crippen MR) is 92.6 cm³/mol. The number of amides is 2. The van der Waals surface area contributed by atoms with E-state index >= 15 is 0 Å². The monoisotopic (exact) mass is 337 g/mol. The molecule has 23 heavy (non-hydrogen) atoms. The molecule has 1 aliphatic carbocycles. The molecule has 5 nitrogen and oxygen atoms in total. The maximum Gasteiger partial charge on any atom is 0.315 e. The van der Waals surface area contributed by atoms with Crippen LogP contribution in [-0.4, -0.2) is 48.3 Å². The number of rotatable bonds is 6. The van der Waals surface area contributed by atoms with E-state index in [1.54, 1.807) is 0 Å². The molecule has 3 N–H and O–H groups in total. The third-order valence-electron chi connectivity index (χ3n) is 4.93. The summed E-state index contributed by atoms with van der Waals surface area (Å²) >= 11 is 1.50. The molecule has 1 aromatic heterocycles. The van der Waals surface area contributed by atoms with Gasteiger partial charge in [-0.1, -0.05) is 18.9 Å². The number of nitrogens with zero attached hydrogens (tertiary/aromatic N) is 1. The second kappa shape index (κ2) is 8.13. The second-order valence-corrected chi connectivity index (χ2v) is 7.76. The van der Waals surface area contributed by atoms with Crippen molar-refractivity contribution in [3.05, 3.63) is 22.4 Å². The Morgan fingerprint density at radius 2 is 2.22 bits per heavy atom. The lowest BCUT2D eigenvalue weighted by molar-refractivity contribution is 0.175. The standard InChI is InChI=1S/C17H27N3O2S/c21-15(16-6-3-9-23-16)10-18-17(22)19-14-7-8-20(12-14)11-13-4-1-2-5-13/h3,6,9,13-15,21H,1-2,4-5,7-8,10-12H2,(H2,18,19,22)/t14-,15-/m0/s1. The average Bonchev–Trinajstić information content (AvgIpc) is 3.28. The van der Waals surface area contributed by atoms with Crippen molar-refractivity contribution in [1.82, 2.24) is 15.5 Å². The third kappa shape index (κ3) is 4.93. The highest BCUT2D eigenvalue weighted by Gasteiger charge is 2.27. The zero-order valence-electron chi connectivity index (χ0n) is 13.5. The Morgan fingerprint density at radius 3 is 2.96 bits per heavy atom. The van der Waals surface area contributed by atoms with Crippen LogP contribution in [-0.2, 0) is 0 Å². The van der Waals surface area contributed by atoms with Crippen LogP contribution in [0, 0.1) is 5.92 Å². The first-order chi connectivity index (χ1) is 11.2. The van der Waals surface area contributed by atoms with Crippen molar-refractivity contribution in [3.63, 3.8) is 0 Å². The second-order valence-electron chi connectivity index (χ2n) is 6.78. The number of nitrogens with one attached hydrogen (secondary N) is 2. The Balaban J connectivity index is 1.34. The topological polar surface area (TPSA) is 64.6 Å². The van der Waals surface area contributed by atoms with Crippen LogP contribution in [0.1, 0.15) is 43.1 Å². The molecule has 2 heterocycles. The van der Waals surface area contributed by atoms with Gasteiger partial charge in [-0.05, 0) is 36.6 Å². The van der Waals surface area contributed by atoms with E-state index in [1.807, 2.05) is 17.5 Å². The van der Waals surface area contributed by atoms with Crippen LogP contribution in [0.4, 0.5) is 4.79 Å². The zero-order valence-corrected chi connectivity index (χ0v) is 14.4. The van der Waals surface area contributed by atoms with Gasteiger partial charge in [-0.2, -0.15) is 0 Å². The smallest absolute Gasteiger partial charge is 0.315 e. The molecule has 1 saturated carbocycles. The highest BCUT2D eigenvalue weighted by molar-refractivity contribution is 7.10. The van der Waals surface area contributed by atoms with Gasteiger partial charge in [0.25, 0.3) is 0 Å². The van der Waals surface area contributed by atoms with Crippen molar-refractivity contribution >= 4 is 17.4 Å². The molecule has 0 unspecified atom stereocenters. The largest absolute Gasteiger partial charge is 0.386 e. The Hall–Kier alpha value is -1.11. The molecule has 0 spiro atoms. The average molecular weight is 337 g/mol. The molecule has 0 bridgehead atoms. The highest BCUT2D eigenvalue weighted by atomic mass is 32.1. The first kappa shape index (κ1) is 16.7. The lowest BCUT2D eigenvalue weighted by Crippen LogP contribution is -2.44. The lowest BCUT2D eigenvalue weighted by Gasteiger charge is -2.20. The third-order valence-corrected chi connectivity index (χ3v) is 5.90. The number of likely N-dealkylation sites (tertiary alicyclic amines) is 1. The fourth-order valence-electron chi connectivity index (χ4n) is 3.68. The molecule has 1 aliphatic heterocycles. The van der Waals surface area contributed by atoms with Gasteiger partial charge in [0.1, 0.15) is 6.10 Å². The van der Waals surface area contributed by atoms with E-state index < -0.39 is 6.10 Å². The van der Waals surface area contributed by atoms with E-state index in [-0.39, 0.29) is 18.6 Å². The SMILES string of the molecule is O=C(NC[C@H](O)c1cccs1)N[C@H]1CCN(CC2CCCC2)C1. The van der Waals surface area contributed by atoms with Crippen LogP contribution < -0.4 is 10.6 Å². The van der Waals surface area contributed by atoms with Gasteiger partial charge >= 0.3 is 6.03 Å². The van der Waals surface area contributed by atoms with Crippen molar-refractivity contribution in [2.24, 2.45) is 5.92 Å². The Labute approximate surface area is 142 Å². The van der Waals surface area contributed by atoms with Crippen molar-refractivity contribution in [2.75, 3.05) is 26.2 Å². The molecule has 1 aromatic rings. The van der Waals surface area contributed by atoms with Crippen molar-refractivity contribution < 1.29 is 9.90 Å². The quantitative estimate of drug-likeness (QED) is 0.746. The number of aliphatic hydroxyl groups is 1. The van der Waals surface area contributed by atoms with Crippen LogP contribution in [0.15, 0.2) is 17.5 Å². The molecule has 128 valence electrons. The Bertz CT molecular complexity index is 488. The minimum absolute atomic E-state index is 0.173. The van der Waals surface area contributed by atoms with Gasteiger partial charge in [-0.15, -0.1) is 11.3 Å². The minimum atomic E-state index is -0.622. The number of thiophene rings is 1. The summed E-state index contributed by atoms with van der Waals surface area (Å²) in [5, 5.41) is 17.7. The van der Waals surface area contributed by atoms with Crippen LogP contribution in [0.3, 0.4) is 0 Å². The first-order valence-electron chi connectivity index (χ1n) is 8.69. The van der Waals surface area contributed by atoms with Crippen LogP contribution >= 0.6 is 11.3 Å². The summed E-state index contributed by atoms with van der Waals surface area (Å²) in [4.78, 5) is 15.3. The van der Waals surface area contributed by atoms with E-state index in [2.05, 4.69) is 15.5 Å². The summed E-state index contributed by atoms with van der Waals surface area (Å²) in [6.07, 6.45) is 5.91. The summed E-state index contributed by atoms with van der Waals surface area (Å²) in [7, 11) is 0. The lowest BCUT2D eigenvalue weighted by atomic mass is 10.1. The highest BCUT2D eigenvalue weighted by Crippen LogP contribution is 2.26. The number of urea groups is 1. The summed E-state index contributed by atoms with van der Waals surface area (Å²) in [5.74, 6) is 0.864. The molecular weight excluding hydrogens is 310 g/mol. The van der Waals surface area contributed by atoms with Crippen LogP contribution in [0.25, 0.3) is 0 Å². The van der Waals surface area contributed by atoms with E-state index in [9.17, 15) is 9.90 Å². The summed E-state index contributed by atoms with van der Waals surface area (Å²) in [6, 6.07) is 3.84.